The molecule has 4 nitrogen and oxygen atoms in total. The fraction of sp³-hybridized carbons (Fsp3) is 0.625. The standard InChI is InChI=1S/C8H12ClN3O/c1-2-3-4-5-13-8-7(9)6-10-12-11-8/h6H,2-5H2,1H3. The number of rotatable bonds is 5. The maximum atomic E-state index is 5.75. The summed E-state index contributed by atoms with van der Waals surface area (Å²) in [5.74, 6) is 0.368. The average molecular weight is 202 g/mol. The van der Waals surface area contributed by atoms with Crippen LogP contribution in [0.5, 0.6) is 5.88 Å². The molecule has 1 heterocycles. The molecule has 72 valence electrons. The van der Waals surface area contributed by atoms with E-state index >= 15 is 0 Å². The molecule has 13 heavy (non-hydrogen) atoms. The van der Waals surface area contributed by atoms with E-state index in [2.05, 4.69) is 22.3 Å². The van der Waals surface area contributed by atoms with Gasteiger partial charge in [-0.05, 0) is 11.6 Å². The molecule has 0 saturated carbocycles. The van der Waals surface area contributed by atoms with E-state index in [0.717, 1.165) is 12.8 Å². The lowest BCUT2D eigenvalue weighted by Crippen LogP contribution is -2.01. The second kappa shape index (κ2) is 5.70. The smallest absolute Gasteiger partial charge is 0.255 e. The molecule has 0 amide bonds. The molecular formula is C8H12ClN3O. The lowest BCUT2D eigenvalue weighted by molar-refractivity contribution is 0.290. The highest BCUT2D eigenvalue weighted by atomic mass is 35.5. The van der Waals surface area contributed by atoms with Crippen molar-refractivity contribution in [1.29, 1.82) is 0 Å². The van der Waals surface area contributed by atoms with Gasteiger partial charge in [-0.3, -0.25) is 0 Å². The summed E-state index contributed by atoms with van der Waals surface area (Å²) < 4.78 is 5.29. The van der Waals surface area contributed by atoms with Gasteiger partial charge in [0.15, 0.2) is 0 Å². The van der Waals surface area contributed by atoms with Gasteiger partial charge in [0.25, 0.3) is 5.88 Å². The van der Waals surface area contributed by atoms with Gasteiger partial charge in [0.1, 0.15) is 5.02 Å². The van der Waals surface area contributed by atoms with Gasteiger partial charge in [-0.2, -0.15) is 0 Å². The SMILES string of the molecule is CCCCCOc1nnncc1Cl. The fourth-order valence-electron chi connectivity index (χ4n) is 0.865. The van der Waals surface area contributed by atoms with Gasteiger partial charge in [0.2, 0.25) is 0 Å². The first-order chi connectivity index (χ1) is 6.34. The Morgan fingerprint density at radius 1 is 1.46 bits per heavy atom. The molecule has 0 unspecified atom stereocenters. The second-order valence-electron chi connectivity index (χ2n) is 2.64. The molecule has 5 heteroatoms. The molecule has 1 rings (SSSR count). The van der Waals surface area contributed by atoms with Gasteiger partial charge in [-0.25, -0.2) is 0 Å². The first-order valence-corrected chi connectivity index (χ1v) is 4.69. The molecule has 0 aliphatic rings. The summed E-state index contributed by atoms with van der Waals surface area (Å²) in [4.78, 5) is 0. The van der Waals surface area contributed by atoms with Crippen LogP contribution in [0, 0.1) is 0 Å². The third-order valence-corrected chi connectivity index (χ3v) is 1.81. The Labute approximate surface area is 82.3 Å². The summed E-state index contributed by atoms with van der Waals surface area (Å²) in [5.41, 5.74) is 0. The Kier molecular flexibility index (Phi) is 4.46. The van der Waals surface area contributed by atoms with Gasteiger partial charge in [-0.15, -0.1) is 5.10 Å². The largest absolute Gasteiger partial charge is 0.475 e. The Hall–Kier alpha value is -0.900. The third kappa shape index (κ3) is 3.55. The summed E-state index contributed by atoms with van der Waals surface area (Å²) in [5, 5.41) is 11.0. The Morgan fingerprint density at radius 3 is 3.00 bits per heavy atom. The minimum absolute atomic E-state index is 0.368. The van der Waals surface area contributed by atoms with E-state index in [1.165, 1.54) is 12.6 Å². The Bertz CT molecular complexity index is 257. The number of aromatic nitrogens is 3. The van der Waals surface area contributed by atoms with Crippen molar-refractivity contribution in [3.63, 3.8) is 0 Å². The van der Waals surface area contributed by atoms with Gasteiger partial charge in [0.05, 0.1) is 12.8 Å². The fourth-order valence-corrected chi connectivity index (χ4v) is 1.00. The number of unbranched alkanes of at least 4 members (excludes halogenated alkanes) is 2. The molecule has 0 saturated heterocycles. The van der Waals surface area contributed by atoms with Crippen LogP contribution in [0.25, 0.3) is 0 Å². The van der Waals surface area contributed by atoms with Crippen LogP contribution in [0.1, 0.15) is 26.2 Å². The number of halogens is 1. The van der Waals surface area contributed by atoms with Crippen molar-refractivity contribution < 1.29 is 4.74 Å². The Balaban J connectivity index is 2.32. The summed E-state index contributed by atoms with van der Waals surface area (Å²) >= 11 is 5.75. The van der Waals surface area contributed by atoms with Crippen molar-refractivity contribution in [2.75, 3.05) is 6.61 Å². The maximum Gasteiger partial charge on any atom is 0.255 e. The first kappa shape index (κ1) is 10.2. The topological polar surface area (TPSA) is 47.9 Å². The predicted octanol–water partition coefficient (Wildman–Crippen LogP) is 2.09. The molecule has 0 atom stereocenters. The van der Waals surface area contributed by atoms with Crippen LogP contribution >= 0.6 is 11.6 Å². The van der Waals surface area contributed by atoms with Crippen LogP contribution in [-0.2, 0) is 0 Å². The highest BCUT2D eigenvalue weighted by molar-refractivity contribution is 6.31. The van der Waals surface area contributed by atoms with Crippen LogP contribution in [0.15, 0.2) is 6.20 Å². The van der Waals surface area contributed by atoms with Crippen molar-refractivity contribution >= 4 is 11.6 Å². The molecule has 1 aromatic rings. The van der Waals surface area contributed by atoms with Gasteiger partial charge in [0, 0.05) is 0 Å². The summed E-state index contributed by atoms with van der Waals surface area (Å²) in [6.07, 6.45) is 4.75. The second-order valence-corrected chi connectivity index (χ2v) is 3.05. The van der Waals surface area contributed by atoms with Crippen LogP contribution in [0.4, 0.5) is 0 Å². The zero-order valence-corrected chi connectivity index (χ0v) is 8.29. The molecule has 0 aliphatic heterocycles. The van der Waals surface area contributed by atoms with E-state index in [1.54, 1.807) is 0 Å². The zero-order chi connectivity index (χ0) is 9.52. The van der Waals surface area contributed by atoms with E-state index < -0.39 is 0 Å². The van der Waals surface area contributed by atoms with E-state index in [1.807, 2.05) is 0 Å². The van der Waals surface area contributed by atoms with Crippen LogP contribution < -0.4 is 4.74 Å². The lowest BCUT2D eigenvalue weighted by atomic mass is 10.3. The average Bonchev–Trinajstić information content (AvgIpc) is 2.15. The van der Waals surface area contributed by atoms with Crippen molar-refractivity contribution in [3.05, 3.63) is 11.2 Å². The molecule has 0 aromatic carbocycles. The molecular weight excluding hydrogens is 190 g/mol. The minimum Gasteiger partial charge on any atom is -0.475 e. The quantitative estimate of drug-likeness (QED) is 0.685. The van der Waals surface area contributed by atoms with Gasteiger partial charge < -0.3 is 4.74 Å². The monoisotopic (exact) mass is 201 g/mol. The molecule has 0 spiro atoms. The van der Waals surface area contributed by atoms with Crippen LogP contribution in [0.3, 0.4) is 0 Å². The van der Waals surface area contributed by atoms with E-state index in [9.17, 15) is 0 Å². The zero-order valence-electron chi connectivity index (χ0n) is 7.53. The summed E-state index contributed by atoms with van der Waals surface area (Å²) in [6, 6.07) is 0. The van der Waals surface area contributed by atoms with Crippen molar-refractivity contribution in [3.8, 4) is 5.88 Å². The van der Waals surface area contributed by atoms with E-state index in [0.29, 0.717) is 17.5 Å². The Morgan fingerprint density at radius 2 is 2.31 bits per heavy atom. The van der Waals surface area contributed by atoms with Crippen LogP contribution in [0.2, 0.25) is 5.02 Å². The number of nitrogens with zero attached hydrogens (tertiary/aromatic N) is 3. The van der Waals surface area contributed by atoms with Gasteiger partial charge >= 0.3 is 0 Å². The molecule has 0 aliphatic carbocycles. The normalized spacial score (nSPS) is 10.0. The maximum absolute atomic E-state index is 5.75. The molecule has 0 fully saturated rings. The van der Waals surface area contributed by atoms with E-state index in [4.69, 9.17) is 16.3 Å². The number of ether oxygens (including phenoxy) is 1. The lowest BCUT2D eigenvalue weighted by Gasteiger charge is -2.03. The minimum atomic E-state index is 0.368. The summed E-state index contributed by atoms with van der Waals surface area (Å²) in [6.45, 7) is 2.77. The van der Waals surface area contributed by atoms with Crippen molar-refractivity contribution in [2.24, 2.45) is 0 Å². The third-order valence-electron chi connectivity index (χ3n) is 1.55. The molecule has 0 N–H and O–H groups in total. The highest BCUT2D eigenvalue weighted by Gasteiger charge is 2.02. The predicted molar refractivity (Wildman–Crippen MR) is 49.9 cm³/mol. The van der Waals surface area contributed by atoms with Crippen molar-refractivity contribution in [1.82, 2.24) is 15.4 Å². The first-order valence-electron chi connectivity index (χ1n) is 4.31. The van der Waals surface area contributed by atoms with Crippen LogP contribution in [-0.4, -0.2) is 22.0 Å². The highest BCUT2D eigenvalue weighted by Crippen LogP contribution is 2.17. The number of hydrogen-bond acceptors (Lipinski definition) is 4. The van der Waals surface area contributed by atoms with Crippen molar-refractivity contribution in [2.45, 2.75) is 26.2 Å². The number of hydrogen-bond donors (Lipinski definition) is 0. The van der Waals surface area contributed by atoms with Gasteiger partial charge in [-0.1, -0.05) is 36.5 Å². The molecule has 0 radical (unpaired) electrons. The van der Waals surface area contributed by atoms with E-state index in [-0.39, 0.29) is 0 Å². The molecule has 0 bridgehead atoms. The summed E-state index contributed by atoms with van der Waals surface area (Å²) in [7, 11) is 0. The molecule has 1 aromatic heterocycles.